The Labute approximate surface area is 106 Å². The number of hydrogen-bond donors (Lipinski definition) is 1. The molecule has 0 aliphatic carbocycles. The van der Waals surface area contributed by atoms with E-state index in [9.17, 15) is 4.79 Å². The molecule has 1 aromatic carbocycles. The SMILES string of the molecule is CC(C)c1cc(Cl)cc(COCCC(=O)O)c1. The van der Waals surface area contributed by atoms with E-state index in [1.807, 2.05) is 18.2 Å². The Morgan fingerprint density at radius 2 is 2.12 bits per heavy atom. The second-order valence-corrected chi connectivity index (χ2v) is 4.68. The molecule has 0 aliphatic rings. The van der Waals surface area contributed by atoms with Gasteiger partial charge in [-0.1, -0.05) is 31.5 Å². The van der Waals surface area contributed by atoms with Gasteiger partial charge in [0.2, 0.25) is 0 Å². The number of benzene rings is 1. The highest BCUT2D eigenvalue weighted by atomic mass is 35.5. The van der Waals surface area contributed by atoms with Gasteiger partial charge >= 0.3 is 5.97 Å². The summed E-state index contributed by atoms with van der Waals surface area (Å²) in [5.74, 6) is -0.439. The van der Waals surface area contributed by atoms with Crippen LogP contribution in [0.1, 0.15) is 37.3 Å². The lowest BCUT2D eigenvalue weighted by molar-refractivity contribution is -0.138. The Kier molecular flexibility index (Phi) is 5.45. The van der Waals surface area contributed by atoms with Gasteiger partial charge in [-0.2, -0.15) is 0 Å². The van der Waals surface area contributed by atoms with E-state index >= 15 is 0 Å². The zero-order valence-electron chi connectivity index (χ0n) is 10.1. The molecule has 0 aromatic heterocycles. The molecule has 1 N–H and O–H groups in total. The lowest BCUT2D eigenvalue weighted by atomic mass is 10.0. The summed E-state index contributed by atoms with van der Waals surface area (Å²) in [6.45, 7) is 4.81. The summed E-state index contributed by atoms with van der Waals surface area (Å²) in [7, 11) is 0. The van der Waals surface area contributed by atoms with Crippen LogP contribution in [-0.4, -0.2) is 17.7 Å². The van der Waals surface area contributed by atoms with Crippen LogP contribution in [0.15, 0.2) is 18.2 Å². The van der Waals surface area contributed by atoms with Crippen LogP contribution in [0.4, 0.5) is 0 Å². The molecule has 17 heavy (non-hydrogen) atoms. The minimum atomic E-state index is -0.848. The molecule has 0 spiro atoms. The van der Waals surface area contributed by atoms with Crippen molar-refractivity contribution in [3.05, 3.63) is 34.3 Å². The minimum absolute atomic E-state index is 0.0254. The van der Waals surface area contributed by atoms with Crippen molar-refractivity contribution in [3.63, 3.8) is 0 Å². The maximum absolute atomic E-state index is 10.3. The zero-order valence-corrected chi connectivity index (χ0v) is 10.8. The molecule has 0 heterocycles. The van der Waals surface area contributed by atoms with Crippen molar-refractivity contribution in [2.75, 3.05) is 6.61 Å². The fourth-order valence-corrected chi connectivity index (χ4v) is 1.71. The number of halogens is 1. The lowest BCUT2D eigenvalue weighted by Crippen LogP contribution is -2.03. The van der Waals surface area contributed by atoms with E-state index in [-0.39, 0.29) is 13.0 Å². The topological polar surface area (TPSA) is 46.5 Å². The normalized spacial score (nSPS) is 10.8. The minimum Gasteiger partial charge on any atom is -0.481 e. The number of carboxylic acid groups (broad SMARTS) is 1. The Balaban J connectivity index is 2.55. The summed E-state index contributed by atoms with van der Waals surface area (Å²) in [6.07, 6.45) is 0.0254. The monoisotopic (exact) mass is 256 g/mol. The van der Waals surface area contributed by atoms with E-state index in [1.54, 1.807) is 0 Å². The van der Waals surface area contributed by atoms with Crippen LogP contribution in [-0.2, 0) is 16.1 Å². The number of aliphatic carboxylic acids is 1. The van der Waals surface area contributed by atoms with E-state index in [2.05, 4.69) is 13.8 Å². The number of ether oxygens (including phenoxy) is 1. The van der Waals surface area contributed by atoms with Crippen molar-refractivity contribution < 1.29 is 14.6 Å². The summed E-state index contributed by atoms with van der Waals surface area (Å²) in [6, 6.07) is 5.82. The number of carbonyl (C=O) groups is 1. The Morgan fingerprint density at radius 1 is 1.41 bits per heavy atom. The van der Waals surface area contributed by atoms with E-state index in [0.29, 0.717) is 17.5 Å². The van der Waals surface area contributed by atoms with E-state index in [0.717, 1.165) is 11.1 Å². The number of rotatable bonds is 6. The predicted molar refractivity (Wildman–Crippen MR) is 67.4 cm³/mol. The highest BCUT2D eigenvalue weighted by molar-refractivity contribution is 6.30. The van der Waals surface area contributed by atoms with Crippen LogP contribution >= 0.6 is 11.6 Å². The first-order valence-corrected chi connectivity index (χ1v) is 5.95. The highest BCUT2D eigenvalue weighted by Gasteiger charge is 2.04. The summed E-state index contributed by atoms with van der Waals surface area (Å²) >= 11 is 6.01. The van der Waals surface area contributed by atoms with Gasteiger partial charge in [-0.25, -0.2) is 0 Å². The Hall–Kier alpha value is -1.06. The van der Waals surface area contributed by atoms with Gasteiger partial charge in [-0.3, -0.25) is 4.79 Å². The molecule has 0 atom stereocenters. The van der Waals surface area contributed by atoms with E-state index in [1.165, 1.54) is 0 Å². The molecule has 0 aliphatic heterocycles. The molecule has 1 rings (SSSR count). The second kappa shape index (κ2) is 6.62. The second-order valence-electron chi connectivity index (χ2n) is 4.24. The highest BCUT2D eigenvalue weighted by Crippen LogP contribution is 2.21. The number of carboxylic acids is 1. The van der Waals surface area contributed by atoms with Gasteiger partial charge in [0.15, 0.2) is 0 Å². The quantitative estimate of drug-likeness (QED) is 0.793. The third-order valence-corrected chi connectivity index (χ3v) is 2.59. The van der Waals surface area contributed by atoms with Crippen molar-refractivity contribution in [1.29, 1.82) is 0 Å². The molecule has 4 heteroatoms. The molecule has 0 fully saturated rings. The van der Waals surface area contributed by atoms with Gasteiger partial charge in [0.05, 0.1) is 19.6 Å². The van der Waals surface area contributed by atoms with E-state index in [4.69, 9.17) is 21.4 Å². The molecule has 0 unspecified atom stereocenters. The molecule has 0 saturated heterocycles. The molecule has 0 saturated carbocycles. The average molecular weight is 257 g/mol. The molecule has 1 aromatic rings. The first-order chi connectivity index (χ1) is 7.99. The standard InChI is InChI=1S/C13H17ClO3/c1-9(2)11-5-10(6-12(14)7-11)8-17-4-3-13(15)16/h5-7,9H,3-4,8H2,1-2H3,(H,15,16). The summed E-state index contributed by atoms with van der Waals surface area (Å²) in [4.78, 5) is 10.3. The molecular formula is C13H17ClO3. The first-order valence-electron chi connectivity index (χ1n) is 5.58. The van der Waals surface area contributed by atoms with Crippen LogP contribution in [0.3, 0.4) is 0 Å². The van der Waals surface area contributed by atoms with Gasteiger partial charge < -0.3 is 9.84 Å². The maximum Gasteiger partial charge on any atom is 0.305 e. The predicted octanol–water partition coefficient (Wildman–Crippen LogP) is 3.45. The first kappa shape index (κ1) is 14.0. The summed E-state index contributed by atoms with van der Waals surface area (Å²) in [5.41, 5.74) is 2.14. The van der Waals surface area contributed by atoms with Crippen molar-refractivity contribution >= 4 is 17.6 Å². The fourth-order valence-electron chi connectivity index (χ4n) is 1.44. The lowest BCUT2D eigenvalue weighted by Gasteiger charge is -2.09. The maximum atomic E-state index is 10.3. The molecule has 0 radical (unpaired) electrons. The molecule has 94 valence electrons. The fraction of sp³-hybridized carbons (Fsp3) is 0.462. The summed E-state index contributed by atoms with van der Waals surface area (Å²) < 4.78 is 5.28. The molecule has 0 amide bonds. The zero-order chi connectivity index (χ0) is 12.8. The van der Waals surface area contributed by atoms with Crippen molar-refractivity contribution in [3.8, 4) is 0 Å². The number of hydrogen-bond acceptors (Lipinski definition) is 2. The van der Waals surface area contributed by atoms with Crippen molar-refractivity contribution in [2.45, 2.75) is 32.8 Å². The van der Waals surface area contributed by atoms with Crippen LogP contribution < -0.4 is 0 Å². The van der Waals surface area contributed by atoms with Gasteiger partial charge in [0.1, 0.15) is 0 Å². The van der Waals surface area contributed by atoms with Crippen molar-refractivity contribution in [1.82, 2.24) is 0 Å². The smallest absolute Gasteiger partial charge is 0.305 e. The van der Waals surface area contributed by atoms with Crippen LogP contribution in [0.5, 0.6) is 0 Å². The van der Waals surface area contributed by atoms with Crippen molar-refractivity contribution in [2.24, 2.45) is 0 Å². The third-order valence-electron chi connectivity index (χ3n) is 2.38. The molecule has 3 nitrogen and oxygen atoms in total. The third kappa shape index (κ3) is 5.20. The van der Waals surface area contributed by atoms with E-state index < -0.39 is 5.97 Å². The Bertz CT molecular complexity index is 388. The van der Waals surface area contributed by atoms with Crippen LogP contribution in [0.25, 0.3) is 0 Å². The van der Waals surface area contributed by atoms with Crippen LogP contribution in [0.2, 0.25) is 5.02 Å². The van der Waals surface area contributed by atoms with Gasteiger partial charge in [-0.15, -0.1) is 0 Å². The molecule has 0 bridgehead atoms. The van der Waals surface area contributed by atoms with Gasteiger partial charge in [-0.05, 0) is 29.2 Å². The summed E-state index contributed by atoms with van der Waals surface area (Å²) in [5, 5.41) is 9.16. The average Bonchev–Trinajstić information content (AvgIpc) is 2.23. The Morgan fingerprint density at radius 3 is 2.71 bits per heavy atom. The van der Waals surface area contributed by atoms with Crippen LogP contribution in [0, 0.1) is 0 Å². The largest absolute Gasteiger partial charge is 0.481 e. The molecular weight excluding hydrogens is 240 g/mol. The van der Waals surface area contributed by atoms with Gasteiger partial charge in [0, 0.05) is 5.02 Å². The van der Waals surface area contributed by atoms with Gasteiger partial charge in [0.25, 0.3) is 0 Å².